The molecule has 82 valence electrons. The molecule has 0 fully saturated rings. The van der Waals surface area contributed by atoms with Gasteiger partial charge in [-0.2, -0.15) is 0 Å². The van der Waals surface area contributed by atoms with Gasteiger partial charge < -0.3 is 5.32 Å². The van der Waals surface area contributed by atoms with Gasteiger partial charge in [0, 0.05) is 24.3 Å². The summed E-state index contributed by atoms with van der Waals surface area (Å²) < 4.78 is 1.11. The molecule has 2 aromatic rings. The molecule has 0 atom stereocenters. The maximum absolute atomic E-state index is 4.61. The first-order valence-corrected chi connectivity index (χ1v) is 6.68. The van der Waals surface area contributed by atoms with Crippen molar-refractivity contribution in [3.05, 3.63) is 32.9 Å². The minimum Gasteiger partial charge on any atom is -0.307 e. The number of hydrogen-bond acceptors (Lipinski definition) is 4. The van der Waals surface area contributed by atoms with E-state index in [4.69, 9.17) is 0 Å². The molecule has 5 heteroatoms. The summed E-state index contributed by atoms with van der Waals surface area (Å²) in [5.41, 5.74) is 3.50. The smallest absolute Gasteiger partial charge is 0.169 e. The summed E-state index contributed by atoms with van der Waals surface area (Å²) in [6.07, 6.45) is 0. The van der Waals surface area contributed by atoms with Gasteiger partial charge in [0.25, 0.3) is 0 Å². The van der Waals surface area contributed by atoms with Crippen molar-refractivity contribution in [2.45, 2.75) is 20.0 Å². The Kier molecular flexibility index (Phi) is 2.53. The zero-order valence-corrected chi connectivity index (χ0v) is 11.2. The number of fused-ring (bicyclic) bond motifs is 1. The van der Waals surface area contributed by atoms with Gasteiger partial charge in [-0.15, -0.1) is 11.3 Å². The van der Waals surface area contributed by atoms with E-state index in [9.17, 15) is 0 Å². The summed E-state index contributed by atoms with van der Waals surface area (Å²) in [6, 6.07) is 4.09. The first-order valence-electron chi connectivity index (χ1n) is 5.07. The minimum atomic E-state index is 0.843. The minimum absolute atomic E-state index is 0.843. The second-order valence-corrected chi connectivity index (χ2v) is 6.23. The number of aromatic nitrogens is 2. The molecule has 0 saturated heterocycles. The average Bonchev–Trinajstić information content (AvgIpc) is 2.85. The lowest BCUT2D eigenvalue weighted by molar-refractivity contribution is 0.757. The lowest BCUT2D eigenvalue weighted by atomic mass is 10.2. The summed E-state index contributed by atoms with van der Waals surface area (Å²) in [4.78, 5) is 10.3. The Morgan fingerprint density at radius 2 is 2.19 bits per heavy atom. The molecule has 0 saturated carbocycles. The van der Waals surface area contributed by atoms with E-state index in [-0.39, 0.29) is 0 Å². The highest BCUT2D eigenvalue weighted by molar-refractivity contribution is 9.11. The molecule has 0 radical (unpaired) electrons. The molecule has 3 heterocycles. The predicted molar refractivity (Wildman–Crippen MR) is 68.3 cm³/mol. The van der Waals surface area contributed by atoms with Crippen molar-refractivity contribution in [3.8, 4) is 10.7 Å². The van der Waals surface area contributed by atoms with Crippen LogP contribution in [0.25, 0.3) is 10.7 Å². The number of hydrogen-bond donors (Lipinski definition) is 1. The van der Waals surface area contributed by atoms with E-state index >= 15 is 0 Å². The lowest BCUT2D eigenvalue weighted by Gasteiger charge is -2.04. The number of halogens is 1. The fraction of sp³-hybridized carbons (Fsp3) is 0.273. The number of aryl methyl sites for hydroxylation is 1. The van der Waals surface area contributed by atoms with Crippen molar-refractivity contribution >= 4 is 27.3 Å². The van der Waals surface area contributed by atoms with Crippen LogP contribution in [0.3, 0.4) is 0 Å². The van der Waals surface area contributed by atoms with Gasteiger partial charge in [-0.25, -0.2) is 9.97 Å². The van der Waals surface area contributed by atoms with Gasteiger partial charge in [0.15, 0.2) is 5.82 Å². The van der Waals surface area contributed by atoms with Gasteiger partial charge in [-0.1, -0.05) is 0 Å². The summed E-state index contributed by atoms with van der Waals surface area (Å²) in [7, 11) is 0. The number of thiophene rings is 1. The average molecular weight is 296 g/mol. The third-order valence-corrected chi connectivity index (χ3v) is 4.31. The third-order valence-electron chi connectivity index (χ3n) is 2.69. The summed E-state index contributed by atoms with van der Waals surface area (Å²) in [5.74, 6) is 0.843. The number of rotatable bonds is 1. The molecule has 3 rings (SSSR count). The van der Waals surface area contributed by atoms with Crippen LogP contribution in [0.5, 0.6) is 0 Å². The molecular formula is C11H10BrN3S. The Hall–Kier alpha value is -0.780. The van der Waals surface area contributed by atoms with Crippen LogP contribution in [0.15, 0.2) is 15.9 Å². The molecule has 2 aromatic heterocycles. The van der Waals surface area contributed by atoms with Gasteiger partial charge in [-0.05, 0) is 35.0 Å². The predicted octanol–water partition coefficient (Wildman–Crippen LogP) is 2.88. The number of nitrogens with zero attached hydrogens (tertiary/aromatic N) is 2. The summed E-state index contributed by atoms with van der Waals surface area (Å²) >= 11 is 5.13. The van der Waals surface area contributed by atoms with Crippen molar-refractivity contribution in [2.24, 2.45) is 0 Å². The van der Waals surface area contributed by atoms with E-state index in [0.29, 0.717) is 0 Å². The summed E-state index contributed by atoms with van der Waals surface area (Å²) in [5, 5.41) is 3.30. The highest BCUT2D eigenvalue weighted by Crippen LogP contribution is 2.30. The topological polar surface area (TPSA) is 37.8 Å². The van der Waals surface area contributed by atoms with Gasteiger partial charge in [0.1, 0.15) is 0 Å². The molecule has 1 N–H and O–H groups in total. The normalized spacial score (nSPS) is 14.1. The van der Waals surface area contributed by atoms with Crippen LogP contribution in [-0.4, -0.2) is 9.97 Å². The van der Waals surface area contributed by atoms with Gasteiger partial charge in [0.2, 0.25) is 0 Å². The van der Waals surface area contributed by atoms with E-state index in [1.807, 2.05) is 6.07 Å². The Bertz CT molecular complexity index is 550. The Balaban J connectivity index is 2.12. The zero-order chi connectivity index (χ0) is 11.1. The second kappa shape index (κ2) is 3.91. The maximum Gasteiger partial charge on any atom is 0.169 e. The van der Waals surface area contributed by atoms with Crippen LogP contribution in [-0.2, 0) is 13.1 Å². The van der Waals surface area contributed by atoms with Crippen molar-refractivity contribution in [1.29, 1.82) is 0 Å². The molecule has 1 aliphatic heterocycles. The molecule has 1 aliphatic rings. The fourth-order valence-electron chi connectivity index (χ4n) is 1.88. The van der Waals surface area contributed by atoms with E-state index in [1.165, 1.54) is 5.56 Å². The number of nitrogens with one attached hydrogen (secondary N) is 1. The van der Waals surface area contributed by atoms with Crippen LogP contribution in [0.4, 0.5) is 0 Å². The van der Waals surface area contributed by atoms with Crippen LogP contribution >= 0.6 is 27.3 Å². The second-order valence-electron chi connectivity index (χ2n) is 3.77. The van der Waals surface area contributed by atoms with E-state index < -0.39 is 0 Å². The molecule has 0 amide bonds. The van der Waals surface area contributed by atoms with Crippen LogP contribution in [0.1, 0.15) is 17.0 Å². The molecule has 0 bridgehead atoms. The highest BCUT2D eigenvalue weighted by atomic mass is 79.9. The SMILES string of the molecule is Cc1nc(-c2ccc(Br)s2)nc2c1CNC2. The fourth-order valence-corrected chi connectivity index (χ4v) is 3.20. The van der Waals surface area contributed by atoms with Gasteiger partial charge in [-0.3, -0.25) is 0 Å². The van der Waals surface area contributed by atoms with E-state index in [0.717, 1.165) is 39.0 Å². The first-order chi connectivity index (χ1) is 7.74. The van der Waals surface area contributed by atoms with E-state index in [1.54, 1.807) is 11.3 Å². The quantitative estimate of drug-likeness (QED) is 0.879. The molecule has 16 heavy (non-hydrogen) atoms. The van der Waals surface area contributed by atoms with Crippen LogP contribution in [0.2, 0.25) is 0 Å². The molecule has 0 aromatic carbocycles. The zero-order valence-electron chi connectivity index (χ0n) is 8.75. The Morgan fingerprint density at radius 3 is 2.94 bits per heavy atom. The molecule has 0 aliphatic carbocycles. The van der Waals surface area contributed by atoms with Crippen molar-refractivity contribution in [2.75, 3.05) is 0 Å². The van der Waals surface area contributed by atoms with Gasteiger partial charge >= 0.3 is 0 Å². The third kappa shape index (κ3) is 1.69. The Morgan fingerprint density at radius 1 is 1.31 bits per heavy atom. The molecule has 3 nitrogen and oxygen atoms in total. The Labute approximate surface area is 106 Å². The van der Waals surface area contributed by atoms with Gasteiger partial charge in [0.05, 0.1) is 14.4 Å². The van der Waals surface area contributed by atoms with Crippen molar-refractivity contribution < 1.29 is 0 Å². The van der Waals surface area contributed by atoms with Crippen molar-refractivity contribution in [3.63, 3.8) is 0 Å². The van der Waals surface area contributed by atoms with Crippen molar-refractivity contribution in [1.82, 2.24) is 15.3 Å². The van der Waals surface area contributed by atoms with Crippen LogP contribution < -0.4 is 5.32 Å². The lowest BCUT2D eigenvalue weighted by Crippen LogP contribution is -2.00. The largest absolute Gasteiger partial charge is 0.307 e. The highest BCUT2D eigenvalue weighted by Gasteiger charge is 2.17. The summed E-state index contributed by atoms with van der Waals surface area (Å²) in [6.45, 7) is 3.81. The standard InChI is InChI=1S/C11H10BrN3S/c1-6-7-4-13-5-8(7)15-11(14-6)9-2-3-10(12)16-9/h2-3,13H,4-5H2,1H3. The monoisotopic (exact) mass is 295 g/mol. The molecule has 0 spiro atoms. The van der Waals surface area contributed by atoms with E-state index in [2.05, 4.69) is 44.2 Å². The maximum atomic E-state index is 4.61. The first kappa shape index (κ1) is 10.4. The molecule has 0 unspecified atom stereocenters. The molecular weight excluding hydrogens is 286 g/mol. The van der Waals surface area contributed by atoms with Crippen LogP contribution in [0, 0.1) is 6.92 Å².